The van der Waals surface area contributed by atoms with E-state index in [-0.39, 0.29) is 17.9 Å². The SMILES string of the molecule is CCCc1nc(C)c(C(=O)N2CCC(NC(=O)c3occc3C)CC2)s1. The van der Waals surface area contributed by atoms with Crippen molar-refractivity contribution >= 4 is 23.2 Å². The van der Waals surface area contributed by atoms with Gasteiger partial charge in [-0.25, -0.2) is 4.98 Å². The second-order valence-electron chi connectivity index (χ2n) is 6.74. The number of likely N-dealkylation sites (tertiary alicyclic amines) is 1. The van der Waals surface area contributed by atoms with Crippen LogP contribution in [0.1, 0.15) is 62.7 Å². The van der Waals surface area contributed by atoms with E-state index in [1.54, 1.807) is 6.07 Å². The number of carbonyl (C=O) groups is 2. The first-order valence-electron chi connectivity index (χ1n) is 9.10. The van der Waals surface area contributed by atoms with Crippen molar-refractivity contribution in [1.82, 2.24) is 15.2 Å². The number of nitrogens with one attached hydrogen (secondary N) is 1. The summed E-state index contributed by atoms with van der Waals surface area (Å²) in [5.74, 6) is 0.251. The zero-order chi connectivity index (χ0) is 18.7. The highest BCUT2D eigenvalue weighted by Crippen LogP contribution is 2.23. The van der Waals surface area contributed by atoms with E-state index in [2.05, 4.69) is 17.2 Å². The van der Waals surface area contributed by atoms with Crippen molar-refractivity contribution in [1.29, 1.82) is 0 Å². The Morgan fingerprint density at radius 2 is 2.08 bits per heavy atom. The van der Waals surface area contributed by atoms with Gasteiger partial charge in [0.25, 0.3) is 11.8 Å². The van der Waals surface area contributed by atoms with Crippen molar-refractivity contribution in [3.05, 3.63) is 39.2 Å². The molecule has 0 unspecified atom stereocenters. The summed E-state index contributed by atoms with van der Waals surface area (Å²) < 4.78 is 5.24. The average molecular weight is 375 g/mol. The van der Waals surface area contributed by atoms with Crippen LogP contribution in [0.5, 0.6) is 0 Å². The zero-order valence-corrected chi connectivity index (χ0v) is 16.3. The fraction of sp³-hybridized carbons (Fsp3) is 0.526. The van der Waals surface area contributed by atoms with E-state index in [1.165, 1.54) is 17.6 Å². The molecule has 1 aliphatic rings. The summed E-state index contributed by atoms with van der Waals surface area (Å²) >= 11 is 1.51. The van der Waals surface area contributed by atoms with E-state index in [1.807, 2.05) is 18.7 Å². The van der Waals surface area contributed by atoms with Crippen LogP contribution in [0.3, 0.4) is 0 Å². The molecule has 0 bridgehead atoms. The van der Waals surface area contributed by atoms with Crippen LogP contribution in [-0.4, -0.2) is 40.8 Å². The molecule has 0 aliphatic carbocycles. The van der Waals surface area contributed by atoms with Gasteiger partial charge < -0.3 is 14.6 Å². The molecule has 6 nitrogen and oxygen atoms in total. The average Bonchev–Trinajstić information content (AvgIpc) is 3.21. The Morgan fingerprint density at radius 1 is 1.35 bits per heavy atom. The molecule has 2 aromatic heterocycles. The Morgan fingerprint density at radius 3 is 2.69 bits per heavy atom. The van der Waals surface area contributed by atoms with E-state index in [0.717, 1.165) is 46.8 Å². The standard InChI is InChI=1S/C19H25N3O3S/c1-4-5-15-20-13(3)17(26-15)19(24)22-9-6-14(7-10-22)21-18(23)16-12(2)8-11-25-16/h8,11,14H,4-7,9-10H2,1-3H3,(H,21,23). The van der Waals surface area contributed by atoms with Gasteiger partial charge >= 0.3 is 0 Å². The summed E-state index contributed by atoms with van der Waals surface area (Å²) in [4.78, 5) is 32.2. The number of piperidine rings is 1. The van der Waals surface area contributed by atoms with Gasteiger partial charge in [0.15, 0.2) is 5.76 Å². The lowest BCUT2D eigenvalue weighted by Gasteiger charge is -2.32. The first-order chi connectivity index (χ1) is 12.5. The molecule has 0 atom stereocenters. The molecule has 0 spiro atoms. The van der Waals surface area contributed by atoms with Crippen molar-refractivity contribution < 1.29 is 14.0 Å². The molecule has 140 valence electrons. The smallest absolute Gasteiger partial charge is 0.287 e. The minimum Gasteiger partial charge on any atom is -0.459 e. The molecule has 7 heteroatoms. The number of aromatic nitrogens is 1. The molecule has 1 N–H and O–H groups in total. The summed E-state index contributed by atoms with van der Waals surface area (Å²) in [6.45, 7) is 7.15. The highest BCUT2D eigenvalue weighted by Gasteiger charge is 2.27. The van der Waals surface area contributed by atoms with Gasteiger partial charge in [-0.15, -0.1) is 11.3 Å². The largest absolute Gasteiger partial charge is 0.459 e. The number of furan rings is 1. The minimum absolute atomic E-state index is 0.0639. The van der Waals surface area contributed by atoms with Crippen LogP contribution in [-0.2, 0) is 6.42 Å². The minimum atomic E-state index is -0.181. The molecule has 3 heterocycles. The van der Waals surface area contributed by atoms with Crippen molar-refractivity contribution in [3.63, 3.8) is 0 Å². The van der Waals surface area contributed by atoms with Crippen LogP contribution < -0.4 is 5.32 Å². The quantitative estimate of drug-likeness (QED) is 0.870. The topological polar surface area (TPSA) is 75.4 Å². The molecule has 0 saturated carbocycles. The Balaban J connectivity index is 1.55. The predicted molar refractivity (Wildman–Crippen MR) is 101 cm³/mol. The van der Waals surface area contributed by atoms with Gasteiger partial charge in [-0.05, 0) is 45.6 Å². The fourth-order valence-corrected chi connectivity index (χ4v) is 4.33. The number of rotatable bonds is 5. The maximum absolute atomic E-state index is 12.8. The number of hydrogen-bond acceptors (Lipinski definition) is 5. The monoisotopic (exact) mass is 375 g/mol. The molecule has 3 rings (SSSR count). The van der Waals surface area contributed by atoms with E-state index in [9.17, 15) is 9.59 Å². The summed E-state index contributed by atoms with van der Waals surface area (Å²) in [7, 11) is 0. The number of aryl methyl sites for hydroxylation is 3. The Bertz CT molecular complexity index is 788. The van der Waals surface area contributed by atoms with Gasteiger partial charge in [-0.3, -0.25) is 9.59 Å². The van der Waals surface area contributed by atoms with Crippen LogP contribution in [0.15, 0.2) is 16.7 Å². The fourth-order valence-electron chi connectivity index (χ4n) is 3.20. The van der Waals surface area contributed by atoms with E-state index in [0.29, 0.717) is 18.8 Å². The molecule has 0 aromatic carbocycles. The summed E-state index contributed by atoms with van der Waals surface area (Å²) in [6, 6.07) is 1.84. The third-order valence-electron chi connectivity index (χ3n) is 4.68. The Labute approximate surface area is 157 Å². The van der Waals surface area contributed by atoms with Crippen LogP contribution in [0, 0.1) is 13.8 Å². The Hall–Kier alpha value is -2.15. The number of nitrogens with zero attached hydrogens (tertiary/aromatic N) is 2. The van der Waals surface area contributed by atoms with Crippen LogP contribution in [0.4, 0.5) is 0 Å². The first-order valence-corrected chi connectivity index (χ1v) is 9.91. The molecule has 2 amide bonds. The second kappa shape index (κ2) is 8.03. The highest BCUT2D eigenvalue weighted by molar-refractivity contribution is 7.13. The lowest BCUT2D eigenvalue weighted by atomic mass is 10.0. The normalized spacial score (nSPS) is 15.3. The van der Waals surface area contributed by atoms with Crippen LogP contribution in [0.25, 0.3) is 0 Å². The molecular formula is C19H25N3O3S. The van der Waals surface area contributed by atoms with Gasteiger partial charge in [-0.2, -0.15) is 0 Å². The molecule has 1 fully saturated rings. The summed E-state index contributed by atoms with van der Waals surface area (Å²) in [5, 5.41) is 4.04. The van der Waals surface area contributed by atoms with Gasteiger partial charge in [0.2, 0.25) is 0 Å². The summed E-state index contributed by atoms with van der Waals surface area (Å²) in [6.07, 6.45) is 4.96. The van der Waals surface area contributed by atoms with Gasteiger partial charge in [0.1, 0.15) is 4.88 Å². The highest BCUT2D eigenvalue weighted by atomic mass is 32.1. The molecular weight excluding hydrogens is 350 g/mol. The van der Waals surface area contributed by atoms with Crippen molar-refractivity contribution in [2.75, 3.05) is 13.1 Å². The lowest BCUT2D eigenvalue weighted by Crippen LogP contribution is -2.46. The van der Waals surface area contributed by atoms with Crippen molar-refractivity contribution in [2.24, 2.45) is 0 Å². The van der Waals surface area contributed by atoms with Gasteiger partial charge in [0, 0.05) is 24.7 Å². The van der Waals surface area contributed by atoms with Crippen molar-refractivity contribution in [3.8, 4) is 0 Å². The third kappa shape index (κ3) is 3.98. The molecule has 0 radical (unpaired) electrons. The van der Waals surface area contributed by atoms with Crippen molar-refractivity contribution in [2.45, 2.75) is 52.5 Å². The zero-order valence-electron chi connectivity index (χ0n) is 15.5. The number of hydrogen-bond donors (Lipinski definition) is 1. The predicted octanol–water partition coefficient (Wildman–Crippen LogP) is 3.34. The number of amides is 2. The van der Waals surface area contributed by atoms with Gasteiger partial charge in [-0.1, -0.05) is 6.92 Å². The van der Waals surface area contributed by atoms with Crippen LogP contribution >= 0.6 is 11.3 Å². The van der Waals surface area contributed by atoms with E-state index < -0.39 is 0 Å². The third-order valence-corrected chi connectivity index (χ3v) is 5.89. The maximum atomic E-state index is 12.8. The van der Waals surface area contributed by atoms with Gasteiger partial charge in [0.05, 0.1) is 17.0 Å². The number of carbonyl (C=O) groups excluding carboxylic acids is 2. The molecule has 1 saturated heterocycles. The summed E-state index contributed by atoms with van der Waals surface area (Å²) in [5.41, 5.74) is 1.66. The van der Waals surface area contributed by atoms with E-state index in [4.69, 9.17) is 4.42 Å². The van der Waals surface area contributed by atoms with Crippen LogP contribution in [0.2, 0.25) is 0 Å². The Kier molecular flexibility index (Phi) is 5.76. The molecule has 2 aromatic rings. The molecule has 1 aliphatic heterocycles. The first kappa shape index (κ1) is 18.6. The lowest BCUT2D eigenvalue weighted by molar-refractivity contribution is 0.0699. The molecule has 26 heavy (non-hydrogen) atoms. The number of thiazole rings is 1. The van der Waals surface area contributed by atoms with E-state index >= 15 is 0 Å². The maximum Gasteiger partial charge on any atom is 0.287 e. The second-order valence-corrected chi connectivity index (χ2v) is 7.83.